The van der Waals surface area contributed by atoms with E-state index in [9.17, 15) is 13.2 Å². The summed E-state index contributed by atoms with van der Waals surface area (Å²) >= 11 is 0. The zero-order valence-corrected chi connectivity index (χ0v) is 15.1. The molecule has 0 radical (unpaired) electrons. The first-order chi connectivity index (χ1) is 12.1. The van der Waals surface area contributed by atoms with Crippen molar-refractivity contribution in [2.45, 2.75) is 49.0 Å². The molecule has 0 bridgehead atoms. The monoisotopic (exact) mass is 356 g/mol. The third-order valence-electron chi connectivity index (χ3n) is 5.05. The zero-order chi connectivity index (χ0) is 17.7. The summed E-state index contributed by atoms with van der Waals surface area (Å²) in [6.45, 7) is 0. The van der Waals surface area contributed by atoms with E-state index in [1.807, 2.05) is 36.4 Å². The van der Waals surface area contributed by atoms with E-state index >= 15 is 0 Å². The van der Waals surface area contributed by atoms with Gasteiger partial charge in [0.25, 0.3) is 0 Å². The van der Waals surface area contributed by atoms with E-state index in [2.05, 4.69) is 0 Å². The molecule has 0 heterocycles. The lowest BCUT2D eigenvalue weighted by atomic mass is 10.0. The lowest BCUT2D eigenvalue weighted by molar-refractivity contribution is 0.0980. The first-order valence-corrected chi connectivity index (χ1v) is 10.6. The number of ketones is 1. The van der Waals surface area contributed by atoms with Crippen LogP contribution in [0.1, 0.15) is 59.7 Å². The van der Waals surface area contributed by atoms with Crippen LogP contribution in [0.15, 0.2) is 60.7 Å². The summed E-state index contributed by atoms with van der Waals surface area (Å²) in [5.41, 5.74) is 1.29. The molecule has 0 N–H and O–H groups in total. The normalized spacial score (nSPS) is 17.1. The van der Waals surface area contributed by atoms with Gasteiger partial charge in [-0.3, -0.25) is 4.79 Å². The summed E-state index contributed by atoms with van der Waals surface area (Å²) in [5.74, 6) is -0.117. The number of benzene rings is 2. The zero-order valence-electron chi connectivity index (χ0n) is 14.3. The minimum Gasteiger partial charge on any atom is -0.294 e. The molecular formula is C21H24O3S. The standard InChI is InChI=1S/C21H24O3S/c22-20(17-10-4-1-5-11-17)16-21(18-12-6-2-7-13-18)25(23,24)19-14-8-3-9-15-19/h1-2,4-7,10-13,19,21H,3,8-9,14-16H2. The van der Waals surface area contributed by atoms with E-state index in [4.69, 9.17) is 0 Å². The van der Waals surface area contributed by atoms with Crippen LogP contribution in [-0.2, 0) is 9.84 Å². The summed E-state index contributed by atoms with van der Waals surface area (Å²) in [7, 11) is -3.40. The van der Waals surface area contributed by atoms with Crippen molar-refractivity contribution in [3.8, 4) is 0 Å². The number of Topliss-reactive ketones (excluding diaryl/α,β-unsaturated/α-hetero) is 1. The molecule has 1 unspecified atom stereocenters. The number of rotatable bonds is 6. The predicted molar refractivity (Wildman–Crippen MR) is 100 cm³/mol. The van der Waals surface area contributed by atoms with Crippen molar-refractivity contribution >= 4 is 15.6 Å². The first kappa shape index (κ1) is 17.9. The number of hydrogen-bond acceptors (Lipinski definition) is 3. The van der Waals surface area contributed by atoms with Crippen LogP contribution in [0, 0.1) is 0 Å². The van der Waals surface area contributed by atoms with Crippen molar-refractivity contribution in [3.63, 3.8) is 0 Å². The molecule has 1 aliphatic carbocycles. The summed E-state index contributed by atoms with van der Waals surface area (Å²) in [6.07, 6.45) is 4.45. The predicted octanol–water partition coefficient (Wildman–Crippen LogP) is 4.75. The van der Waals surface area contributed by atoms with Gasteiger partial charge in [-0.15, -0.1) is 0 Å². The SMILES string of the molecule is O=C(CC(c1ccccc1)S(=O)(=O)C1CCCCC1)c1ccccc1. The van der Waals surface area contributed by atoms with E-state index in [1.165, 1.54) is 0 Å². The smallest absolute Gasteiger partial charge is 0.164 e. The Kier molecular flexibility index (Phi) is 5.69. The maximum atomic E-state index is 13.3. The lowest BCUT2D eigenvalue weighted by Gasteiger charge is -2.27. The fourth-order valence-corrected chi connectivity index (χ4v) is 6.00. The van der Waals surface area contributed by atoms with Gasteiger partial charge in [-0.25, -0.2) is 8.42 Å². The molecule has 3 nitrogen and oxygen atoms in total. The molecule has 1 saturated carbocycles. The third-order valence-corrected chi connectivity index (χ3v) is 7.68. The van der Waals surface area contributed by atoms with Crippen LogP contribution in [0.25, 0.3) is 0 Å². The molecule has 25 heavy (non-hydrogen) atoms. The fourth-order valence-electron chi connectivity index (χ4n) is 3.63. The molecule has 2 aromatic carbocycles. The Morgan fingerprint density at radius 1 is 0.880 bits per heavy atom. The molecule has 0 spiro atoms. The number of hydrogen-bond donors (Lipinski definition) is 0. The van der Waals surface area contributed by atoms with Gasteiger partial charge >= 0.3 is 0 Å². The van der Waals surface area contributed by atoms with Gasteiger partial charge in [0, 0.05) is 12.0 Å². The van der Waals surface area contributed by atoms with Crippen LogP contribution < -0.4 is 0 Å². The van der Waals surface area contributed by atoms with Crippen molar-refractivity contribution in [2.24, 2.45) is 0 Å². The van der Waals surface area contributed by atoms with Gasteiger partial charge in [0.15, 0.2) is 15.6 Å². The highest BCUT2D eigenvalue weighted by atomic mass is 32.2. The van der Waals surface area contributed by atoms with Crippen molar-refractivity contribution < 1.29 is 13.2 Å². The average Bonchev–Trinajstić information content (AvgIpc) is 2.68. The Morgan fingerprint density at radius 3 is 2.04 bits per heavy atom. The highest BCUT2D eigenvalue weighted by molar-refractivity contribution is 7.92. The summed E-state index contributed by atoms with van der Waals surface area (Å²) in [4.78, 5) is 12.7. The Balaban J connectivity index is 1.91. The maximum Gasteiger partial charge on any atom is 0.164 e. The van der Waals surface area contributed by atoms with E-state index < -0.39 is 15.1 Å². The highest BCUT2D eigenvalue weighted by Crippen LogP contribution is 2.36. The second-order valence-electron chi connectivity index (χ2n) is 6.74. The van der Waals surface area contributed by atoms with Gasteiger partial charge in [0.2, 0.25) is 0 Å². The van der Waals surface area contributed by atoms with Crippen LogP contribution in [0.2, 0.25) is 0 Å². The molecule has 0 aliphatic heterocycles. The summed E-state index contributed by atoms with van der Waals surface area (Å²) < 4.78 is 26.6. The largest absolute Gasteiger partial charge is 0.294 e. The lowest BCUT2D eigenvalue weighted by Crippen LogP contribution is -2.30. The average molecular weight is 356 g/mol. The van der Waals surface area contributed by atoms with E-state index in [-0.39, 0.29) is 17.5 Å². The summed E-state index contributed by atoms with van der Waals surface area (Å²) in [6, 6.07) is 18.1. The molecule has 2 aromatic rings. The van der Waals surface area contributed by atoms with E-state index in [1.54, 1.807) is 24.3 Å². The highest BCUT2D eigenvalue weighted by Gasteiger charge is 2.37. The van der Waals surface area contributed by atoms with Crippen molar-refractivity contribution in [1.29, 1.82) is 0 Å². The third kappa shape index (κ3) is 4.18. The fraction of sp³-hybridized carbons (Fsp3) is 0.381. The van der Waals surface area contributed by atoms with Crippen LogP contribution in [0.5, 0.6) is 0 Å². The van der Waals surface area contributed by atoms with E-state index in [0.29, 0.717) is 18.4 Å². The topological polar surface area (TPSA) is 51.2 Å². The first-order valence-electron chi connectivity index (χ1n) is 8.95. The van der Waals surface area contributed by atoms with Crippen LogP contribution in [-0.4, -0.2) is 19.5 Å². The second kappa shape index (κ2) is 7.96. The molecule has 132 valence electrons. The Labute approximate surface area is 150 Å². The molecular weight excluding hydrogens is 332 g/mol. The van der Waals surface area contributed by atoms with Crippen molar-refractivity contribution in [2.75, 3.05) is 0 Å². The van der Waals surface area contributed by atoms with Gasteiger partial charge in [0.05, 0.1) is 10.5 Å². The molecule has 0 amide bonds. The molecule has 1 fully saturated rings. The van der Waals surface area contributed by atoms with Gasteiger partial charge in [-0.1, -0.05) is 79.9 Å². The van der Waals surface area contributed by atoms with E-state index in [0.717, 1.165) is 24.8 Å². The number of carbonyl (C=O) groups excluding carboxylic acids is 1. The van der Waals surface area contributed by atoms with Crippen LogP contribution in [0.3, 0.4) is 0 Å². The second-order valence-corrected chi connectivity index (χ2v) is 9.16. The molecule has 3 rings (SSSR count). The minimum absolute atomic E-state index is 0.00681. The Bertz CT molecular complexity index is 792. The van der Waals surface area contributed by atoms with Gasteiger partial charge < -0.3 is 0 Å². The van der Waals surface area contributed by atoms with Gasteiger partial charge in [-0.05, 0) is 18.4 Å². The molecule has 0 aromatic heterocycles. The Hall–Kier alpha value is -1.94. The van der Waals surface area contributed by atoms with Crippen LogP contribution in [0.4, 0.5) is 0 Å². The van der Waals surface area contributed by atoms with Crippen molar-refractivity contribution in [3.05, 3.63) is 71.8 Å². The van der Waals surface area contributed by atoms with Gasteiger partial charge in [0.1, 0.15) is 0 Å². The molecule has 4 heteroatoms. The quantitative estimate of drug-likeness (QED) is 0.702. The van der Waals surface area contributed by atoms with Gasteiger partial charge in [-0.2, -0.15) is 0 Å². The van der Waals surface area contributed by atoms with Crippen LogP contribution >= 0.6 is 0 Å². The maximum absolute atomic E-state index is 13.3. The Morgan fingerprint density at radius 2 is 1.44 bits per heavy atom. The minimum atomic E-state index is -3.40. The molecule has 1 aliphatic rings. The summed E-state index contributed by atoms with van der Waals surface area (Å²) in [5, 5.41) is -1.08. The number of sulfone groups is 1. The molecule has 1 atom stereocenters. The molecule has 0 saturated heterocycles. The number of carbonyl (C=O) groups is 1. The van der Waals surface area contributed by atoms with Crippen molar-refractivity contribution in [1.82, 2.24) is 0 Å².